The van der Waals surface area contributed by atoms with E-state index < -0.39 is 5.92 Å². The van der Waals surface area contributed by atoms with Crippen molar-refractivity contribution >= 4 is 29.1 Å². The van der Waals surface area contributed by atoms with E-state index in [-0.39, 0.29) is 30.7 Å². The topological polar surface area (TPSA) is 97.0 Å². The molecule has 0 saturated carbocycles. The van der Waals surface area contributed by atoms with E-state index in [1.807, 2.05) is 56.3 Å². The van der Waals surface area contributed by atoms with Crippen LogP contribution in [0.3, 0.4) is 0 Å². The quantitative estimate of drug-likeness (QED) is 0.462. The number of ether oxygens (including phenoxy) is 2. The van der Waals surface area contributed by atoms with Crippen LogP contribution in [0.2, 0.25) is 0 Å². The van der Waals surface area contributed by atoms with Crippen LogP contribution in [0.25, 0.3) is 0 Å². The second kappa shape index (κ2) is 11.6. The molecule has 1 aliphatic heterocycles. The lowest BCUT2D eigenvalue weighted by atomic mass is 10.1. The molecule has 1 saturated heterocycles. The minimum atomic E-state index is -0.421. The zero-order valence-electron chi connectivity index (χ0n) is 21.2. The average molecular weight is 502 g/mol. The third kappa shape index (κ3) is 6.88. The summed E-state index contributed by atoms with van der Waals surface area (Å²) in [6, 6.07) is 20.2. The van der Waals surface area contributed by atoms with Gasteiger partial charge in [0, 0.05) is 30.9 Å². The molecule has 0 spiro atoms. The molecule has 1 atom stereocenters. The van der Waals surface area contributed by atoms with Crippen molar-refractivity contribution < 1.29 is 23.9 Å². The first-order chi connectivity index (χ1) is 17.8. The van der Waals surface area contributed by atoms with Gasteiger partial charge in [0.25, 0.3) is 5.91 Å². The molecule has 192 valence electrons. The molecule has 0 aliphatic carbocycles. The summed E-state index contributed by atoms with van der Waals surface area (Å²) in [5.41, 5.74) is 4.51. The number of aryl methyl sites for hydroxylation is 2. The molecular weight excluding hydrogens is 470 g/mol. The number of carbonyl (C=O) groups excluding carboxylic acids is 3. The molecule has 4 rings (SSSR count). The van der Waals surface area contributed by atoms with Crippen molar-refractivity contribution in [1.82, 2.24) is 5.32 Å². The molecule has 3 amide bonds. The Bertz CT molecular complexity index is 1250. The summed E-state index contributed by atoms with van der Waals surface area (Å²) >= 11 is 0. The second-order valence-electron chi connectivity index (χ2n) is 9.18. The lowest BCUT2D eigenvalue weighted by Gasteiger charge is -2.17. The number of anilines is 2. The fourth-order valence-corrected chi connectivity index (χ4v) is 4.32. The summed E-state index contributed by atoms with van der Waals surface area (Å²) in [4.78, 5) is 39.1. The number of hydrogen-bond donors (Lipinski definition) is 2. The fourth-order valence-electron chi connectivity index (χ4n) is 4.32. The highest BCUT2D eigenvalue weighted by Crippen LogP contribution is 2.27. The molecule has 1 heterocycles. The van der Waals surface area contributed by atoms with E-state index in [0.717, 1.165) is 28.1 Å². The Hall–Kier alpha value is -4.33. The number of nitrogens with zero attached hydrogens (tertiary/aromatic N) is 1. The van der Waals surface area contributed by atoms with E-state index in [4.69, 9.17) is 9.47 Å². The fraction of sp³-hybridized carbons (Fsp3) is 0.276. The molecule has 8 heteroatoms. The van der Waals surface area contributed by atoms with Gasteiger partial charge in [0.15, 0.2) is 6.61 Å². The number of amides is 3. The van der Waals surface area contributed by atoms with Crippen LogP contribution in [0.5, 0.6) is 11.5 Å². The maximum atomic E-state index is 12.7. The molecule has 0 aromatic heterocycles. The van der Waals surface area contributed by atoms with Crippen LogP contribution in [0.15, 0.2) is 66.7 Å². The highest BCUT2D eigenvalue weighted by atomic mass is 16.5. The Morgan fingerprint density at radius 1 is 0.946 bits per heavy atom. The van der Waals surface area contributed by atoms with E-state index in [1.54, 1.807) is 36.3 Å². The summed E-state index contributed by atoms with van der Waals surface area (Å²) in [7, 11) is 1.60. The average Bonchev–Trinajstić information content (AvgIpc) is 3.27. The normalized spacial score (nSPS) is 14.8. The molecule has 1 aliphatic rings. The zero-order valence-corrected chi connectivity index (χ0v) is 21.2. The van der Waals surface area contributed by atoms with E-state index in [2.05, 4.69) is 10.6 Å². The van der Waals surface area contributed by atoms with Crippen molar-refractivity contribution in [1.29, 1.82) is 0 Å². The van der Waals surface area contributed by atoms with Gasteiger partial charge in [-0.2, -0.15) is 0 Å². The number of nitrogens with one attached hydrogen (secondary N) is 2. The Morgan fingerprint density at radius 3 is 2.24 bits per heavy atom. The molecule has 3 aromatic carbocycles. The van der Waals surface area contributed by atoms with Crippen LogP contribution in [0, 0.1) is 19.8 Å². The van der Waals surface area contributed by atoms with Gasteiger partial charge in [0.05, 0.1) is 13.0 Å². The Kier molecular flexibility index (Phi) is 8.08. The second-order valence-corrected chi connectivity index (χ2v) is 9.18. The van der Waals surface area contributed by atoms with Crippen LogP contribution in [0.4, 0.5) is 11.4 Å². The lowest BCUT2D eigenvalue weighted by molar-refractivity contribution is -0.126. The first kappa shape index (κ1) is 25.8. The molecular formula is C29H31N3O5. The number of carbonyl (C=O) groups is 3. The predicted molar refractivity (Wildman–Crippen MR) is 142 cm³/mol. The Morgan fingerprint density at radius 2 is 1.59 bits per heavy atom. The maximum absolute atomic E-state index is 12.7. The summed E-state index contributed by atoms with van der Waals surface area (Å²) in [5, 5.41) is 5.75. The highest BCUT2D eigenvalue weighted by molar-refractivity contribution is 6.00. The van der Waals surface area contributed by atoms with Gasteiger partial charge in [0.2, 0.25) is 11.8 Å². The number of methoxy groups -OCH3 is 1. The smallest absolute Gasteiger partial charge is 0.262 e. The highest BCUT2D eigenvalue weighted by Gasteiger charge is 2.35. The van der Waals surface area contributed by atoms with Crippen LogP contribution in [-0.2, 0) is 20.9 Å². The maximum Gasteiger partial charge on any atom is 0.262 e. The van der Waals surface area contributed by atoms with Gasteiger partial charge in [-0.05, 0) is 79.1 Å². The Labute approximate surface area is 216 Å². The molecule has 0 radical (unpaired) electrons. The van der Waals surface area contributed by atoms with Gasteiger partial charge in [0.1, 0.15) is 11.5 Å². The summed E-state index contributed by atoms with van der Waals surface area (Å²) in [6.07, 6.45) is 0.158. The molecule has 1 fully saturated rings. The van der Waals surface area contributed by atoms with Gasteiger partial charge in [-0.25, -0.2) is 0 Å². The molecule has 37 heavy (non-hydrogen) atoms. The van der Waals surface area contributed by atoms with Crippen LogP contribution >= 0.6 is 0 Å². The SMILES string of the molecule is COc1ccc(CNC(=O)[C@H]2CC(=O)N(c3ccc(OCC(=O)Nc4cc(C)cc(C)c4)cc3)C2)cc1. The van der Waals surface area contributed by atoms with E-state index in [0.29, 0.717) is 24.5 Å². The molecule has 2 N–H and O–H groups in total. The van der Waals surface area contributed by atoms with Crippen molar-refractivity contribution in [3.05, 3.63) is 83.4 Å². The van der Waals surface area contributed by atoms with E-state index in [1.165, 1.54) is 0 Å². The van der Waals surface area contributed by atoms with Crippen molar-refractivity contribution in [3.8, 4) is 11.5 Å². The van der Waals surface area contributed by atoms with Crippen LogP contribution in [0.1, 0.15) is 23.1 Å². The number of hydrogen-bond acceptors (Lipinski definition) is 5. The lowest BCUT2D eigenvalue weighted by Crippen LogP contribution is -2.32. The molecule has 0 unspecified atom stereocenters. The van der Waals surface area contributed by atoms with Gasteiger partial charge in [-0.1, -0.05) is 18.2 Å². The van der Waals surface area contributed by atoms with E-state index >= 15 is 0 Å². The summed E-state index contributed by atoms with van der Waals surface area (Å²) < 4.78 is 10.8. The van der Waals surface area contributed by atoms with Gasteiger partial charge in [-0.3, -0.25) is 14.4 Å². The number of benzene rings is 3. The molecule has 3 aromatic rings. The predicted octanol–water partition coefficient (Wildman–Crippen LogP) is 4.00. The van der Waals surface area contributed by atoms with Crippen LogP contribution < -0.4 is 25.0 Å². The van der Waals surface area contributed by atoms with Gasteiger partial charge < -0.3 is 25.0 Å². The monoisotopic (exact) mass is 501 g/mol. The molecule has 8 nitrogen and oxygen atoms in total. The van der Waals surface area contributed by atoms with Crippen molar-refractivity contribution in [2.45, 2.75) is 26.8 Å². The largest absolute Gasteiger partial charge is 0.497 e. The van der Waals surface area contributed by atoms with Gasteiger partial charge >= 0.3 is 0 Å². The van der Waals surface area contributed by atoms with Crippen molar-refractivity contribution in [2.75, 3.05) is 30.5 Å². The minimum Gasteiger partial charge on any atom is -0.497 e. The van der Waals surface area contributed by atoms with Crippen molar-refractivity contribution in [3.63, 3.8) is 0 Å². The van der Waals surface area contributed by atoms with Gasteiger partial charge in [-0.15, -0.1) is 0 Å². The standard InChI is InChI=1S/C29H31N3O5/c1-19-12-20(2)14-23(13-19)31-27(33)18-37-26-10-6-24(7-11-26)32-17-22(15-28(32)34)29(35)30-16-21-4-8-25(36-3)9-5-21/h4-14,22H,15-18H2,1-3H3,(H,30,35)(H,31,33)/t22-/m0/s1. The molecule has 0 bridgehead atoms. The first-order valence-electron chi connectivity index (χ1n) is 12.1. The minimum absolute atomic E-state index is 0.105. The summed E-state index contributed by atoms with van der Waals surface area (Å²) in [6.45, 7) is 4.51. The third-order valence-electron chi connectivity index (χ3n) is 6.15. The number of rotatable bonds is 9. The third-order valence-corrected chi connectivity index (χ3v) is 6.15. The summed E-state index contributed by atoms with van der Waals surface area (Å²) in [5.74, 6) is 0.333. The van der Waals surface area contributed by atoms with Crippen LogP contribution in [-0.4, -0.2) is 38.0 Å². The first-order valence-corrected chi connectivity index (χ1v) is 12.1. The zero-order chi connectivity index (χ0) is 26.4. The van der Waals surface area contributed by atoms with Crippen molar-refractivity contribution in [2.24, 2.45) is 5.92 Å². The van der Waals surface area contributed by atoms with E-state index in [9.17, 15) is 14.4 Å². The Balaban J connectivity index is 1.26.